The summed E-state index contributed by atoms with van der Waals surface area (Å²) in [5.41, 5.74) is 13.2. The lowest BCUT2D eigenvalue weighted by molar-refractivity contribution is 0.669. The van der Waals surface area contributed by atoms with E-state index in [4.69, 9.17) is 34.3 Å². The van der Waals surface area contributed by atoms with Crippen molar-refractivity contribution < 1.29 is 4.42 Å². The van der Waals surface area contributed by atoms with Crippen molar-refractivity contribution in [2.45, 2.75) is 0 Å². The third-order valence-electron chi connectivity index (χ3n) is 19.3. The number of anilines is 6. The highest BCUT2D eigenvalue weighted by molar-refractivity contribution is 7.26. The van der Waals surface area contributed by atoms with Gasteiger partial charge in [0.15, 0.2) is 34.9 Å². The number of hydrogen-bond donors (Lipinski definition) is 0. The zero-order valence-corrected chi connectivity index (χ0v) is 55.6. The Morgan fingerprint density at radius 1 is 0.188 bits per heavy atom. The molecule has 0 aliphatic carbocycles. The molecule has 472 valence electrons. The first kappa shape index (κ1) is 58.1. The van der Waals surface area contributed by atoms with Crippen molar-refractivity contribution in [3.8, 4) is 68.3 Å². The number of aromatic nitrogens is 6. The minimum atomic E-state index is 0.597. The normalized spacial score (nSPS) is 11.8. The van der Waals surface area contributed by atoms with Crippen molar-refractivity contribution in [3.05, 3.63) is 328 Å². The van der Waals surface area contributed by atoms with E-state index in [1.54, 1.807) is 0 Å². The van der Waals surface area contributed by atoms with Gasteiger partial charge in [0.1, 0.15) is 11.2 Å². The maximum absolute atomic E-state index is 6.99. The largest absolute Gasteiger partial charge is 0.456 e. The first-order valence-corrected chi connectivity index (χ1v) is 35.3. The number of furan rings is 1. The Kier molecular flexibility index (Phi) is 13.7. The molecular formula is C90H54N8OS2. The van der Waals surface area contributed by atoms with Crippen LogP contribution in [0.5, 0.6) is 0 Å². The average Bonchev–Trinajstić information content (AvgIpc) is 1.47. The molecule has 20 aromatic rings. The topological polar surface area (TPSA) is 97.0 Å². The number of nitrogens with zero attached hydrogens (tertiary/aromatic N) is 8. The van der Waals surface area contributed by atoms with E-state index < -0.39 is 0 Å². The van der Waals surface area contributed by atoms with Gasteiger partial charge in [-0.1, -0.05) is 188 Å². The van der Waals surface area contributed by atoms with Gasteiger partial charge in [0, 0.05) is 119 Å². The van der Waals surface area contributed by atoms with Crippen LogP contribution in [-0.4, -0.2) is 29.9 Å². The van der Waals surface area contributed by atoms with Crippen LogP contribution in [0.2, 0.25) is 0 Å². The summed E-state index contributed by atoms with van der Waals surface area (Å²) in [5, 5.41) is 13.8. The molecule has 0 saturated heterocycles. The Morgan fingerprint density at radius 2 is 0.475 bits per heavy atom. The molecule has 5 aromatic heterocycles. The number of fused-ring (bicyclic) bond motifs is 15. The molecule has 9 nitrogen and oxygen atoms in total. The van der Waals surface area contributed by atoms with Gasteiger partial charge < -0.3 is 14.2 Å². The fourth-order valence-corrected chi connectivity index (χ4v) is 16.6. The Labute approximate surface area is 587 Å². The van der Waals surface area contributed by atoms with E-state index >= 15 is 0 Å². The van der Waals surface area contributed by atoms with Crippen LogP contribution in [0.15, 0.2) is 332 Å². The standard InChI is InChI=1S/C90H54N8OS2/c1-5-19-55(20-6-1)85-91-86(56-21-7-2-8-22-56)94-89(93-85)59-33-37-61(38-34-59)97(65-43-47-83-77(51-65)70-29-15-17-31-81(70)100-83)63-41-45-69-72(49-63)67-27-13-14-28-68(67)73-53-76-75-50-64(42-46-79(75)99-80(76)54-74(69)73)98(66-44-48-84-78(52-66)71-30-16-18-32-82(71)101-84)62-39-35-60(36-40-62)90-95-87(57-23-9-3-10-24-57)92-88(96-90)58-25-11-4-12-26-58/h1-54H. The van der Waals surface area contributed by atoms with Gasteiger partial charge in [-0.15, -0.1) is 22.7 Å². The zero-order chi connectivity index (χ0) is 66.5. The highest BCUT2D eigenvalue weighted by atomic mass is 32.1. The summed E-state index contributed by atoms with van der Waals surface area (Å²) in [6, 6.07) is 116. The first-order chi connectivity index (χ1) is 50.0. The third kappa shape index (κ3) is 10.2. The van der Waals surface area contributed by atoms with Crippen LogP contribution in [0.25, 0.3) is 163 Å². The molecule has 0 N–H and O–H groups in total. The van der Waals surface area contributed by atoms with Crippen LogP contribution in [0.1, 0.15) is 0 Å². The fraction of sp³-hybridized carbons (Fsp3) is 0. The van der Waals surface area contributed by atoms with Crippen molar-refractivity contribution in [2.75, 3.05) is 9.80 Å². The van der Waals surface area contributed by atoms with Crippen LogP contribution in [0.3, 0.4) is 0 Å². The molecule has 0 atom stereocenters. The summed E-state index contributed by atoms with van der Waals surface area (Å²) < 4.78 is 12.0. The van der Waals surface area contributed by atoms with Crippen molar-refractivity contribution >= 4 is 151 Å². The molecule has 0 saturated carbocycles. The molecule has 0 amide bonds. The SMILES string of the molecule is c1ccc(-c2nc(-c3ccccc3)nc(-c3ccc(N(c4ccc5oc6cc7c8ccc(N(c9ccc(-c%10nc(-c%11ccccc%11)nc(-c%11ccccc%11)n%10)cc9)c9ccc%10sc%11ccccc%11c%10c9)cc8c8ccccc8c7cc6c5c4)c4ccc5sc6ccccc6c5c4)cc3)n2)cc1. The quantitative estimate of drug-likeness (QED) is 0.111. The maximum atomic E-state index is 6.99. The van der Waals surface area contributed by atoms with Crippen LogP contribution in [0.4, 0.5) is 34.1 Å². The molecular weight excluding hydrogens is 1270 g/mol. The lowest BCUT2D eigenvalue weighted by Crippen LogP contribution is -2.10. The van der Waals surface area contributed by atoms with Gasteiger partial charge in [0.2, 0.25) is 0 Å². The summed E-state index contributed by atoms with van der Waals surface area (Å²) in [5.74, 6) is 3.68. The molecule has 101 heavy (non-hydrogen) atoms. The van der Waals surface area contributed by atoms with Gasteiger partial charge in [0.25, 0.3) is 0 Å². The molecule has 0 aliphatic rings. The lowest BCUT2D eigenvalue weighted by atomic mass is 9.92. The molecule has 5 heterocycles. The second-order valence-electron chi connectivity index (χ2n) is 25.4. The van der Waals surface area contributed by atoms with E-state index in [-0.39, 0.29) is 0 Å². The van der Waals surface area contributed by atoms with Gasteiger partial charge >= 0.3 is 0 Å². The summed E-state index contributed by atoms with van der Waals surface area (Å²) in [6.07, 6.45) is 0. The van der Waals surface area contributed by atoms with Crippen molar-refractivity contribution in [1.82, 2.24) is 29.9 Å². The molecule has 11 heteroatoms. The number of hydrogen-bond acceptors (Lipinski definition) is 11. The molecule has 0 aliphatic heterocycles. The predicted molar refractivity (Wildman–Crippen MR) is 421 cm³/mol. The van der Waals surface area contributed by atoms with Crippen LogP contribution < -0.4 is 9.80 Å². The molecule has 0 unspecified atom stereocenters. The molecule has 0 bridgehead atoms. The summed E-state index contributed by atoms with van der Waals surface area (Å²) >= 11 is 3.65. The van der Waals surface area contributed by atoms with Gasteiger partial charge in [-0.2, -0.15) is 0 Å². The summed E-state index contributed by atoms with van der Waals surface area (Å²) in [7, 11) is 0. The van der Waals surface area contributed by atoms with E-state index in [2.05, 4.69) is 216 Å². The van der Waals surface area contributed by atoms with E-state index in [1.807, 2.05) is 144 Å². The van der Waals surface area contributed by atoms with E-state index in [9.17, 15) is 0 Å². The van der Waals surface area contributed by atoms with Gasteiger partial charge in [-0.3, -0.25) is 0 Å². The Balaban J connectivity index is 0.715. The van der Waals surface area contributed by atoms with Crippen molar-refractivity contribution in [3.63, 3.8) is 0 Å². The molecule has 0 radical (unpaired) electrons. The fourth-order valence-electron chi connectivity index (χ4n) is 14.5. The minimum absolute atomic E-state index is 0.597. The van der Waals surface area contributed by atoms with Gasteiger partial charge in [-0.05, 0) is 172 Å². The second-order valence-corrected chi connectivity index (χ2v) is 27.5. The van der Waals surface area contributed by atoms with Gasteiger partial charge in [0.05, 0.1) is 0 Å². The highest BCUT2D eigenvalue weighted by Gasteiger charge is 2.23. The molecule has 15 aromatic carbocycles. The highest BCUT2D eigenvalue weighted by Crippen LogP contribution is 2.48. The van der Waals surface area contributed by atoms with E-state index in [0.717, 1.165) is 122 Å². The molecule has 0 fully saturated rings. The minimum Gasteiger partial charge on any atom is -0.456 e. The second kappa shape index (κ2) is 23.9. The average molecular weight is 1330 g/mol. The number of thiophene rings is 2. The molecule has 0 spiro atoms. The zero-order valence-electron chi connectivity index (χ0n) is 54.0. The predicted octanol–water partition coefficient (Wildman–Crippen LogP) is 25.1. The Bertz CT molecular complexity index is 6530. The maximum Gasteiger partial charge on any atom is 0.164 e. The van der Waals surface area contributed by atoms with E-state index in [1.165, 1.54) is 40.3 Å². The van der Waals surface area contributed by atoms with E-state index in [0.29, 0.717) is 34.9 Å². The summed E-state index contributed by atoms with van der Waals surface area (Å²) in [6.45, 7) is 0. The number of rotatable bonds is 12. The third-order valence-corrected chi connectivity index (χ3v) is 21.6. The van der Waals surface area contributed by atoms with Crippen LogP contribution in [-0.2, 0) is 0 Å². The lowest BCUT2D eigenvalue weighted by Gasteiger charge is -2.26. The number of benzene rings is 15. The van der Waals surface area contributed by atoms with Crippen LogP contribution in [0, 0.1) is 0 Å². The first-order valence-electron chi connectivity index (χ1n) is 33.6. The van der Waals surface area contributed by atoms with Crippen LogP contribution >= 0.6 is 22.7 Å². The monoisotopic (exact) mass is 1330 g/mol. The Morgan fingerprint density at radius 3 is 0.901 bits per heavy atom. The van der Waals surface area contributed by atoms with Crippen molar-refractivity contribution in [1.29, 1.82) is 0 Å². The van der Waals surface area contributed by atoms with Gasteiger partial charge in [-0.25, -0.2) is 29.9 Å². The molecule has 20 rings (SSSR count). The summed E-state index contributed by atoms with van der Waals surface area (Å²) in [4.78, 5) is 35.0. The van der Waals surface area contributed by atoms with Crippen molar-refractivity contribution in [2.24, 2.45) is 0 Å². The Hall–Kier alpha value is -13.1. The smallest absolute Gasteiger partial charge is 0.164 e.